The quantitative estimate of drug-likeness (QED) is 0.523. The van der Waals surface area contributed by atoms with E-state index in [1.807, 2.05) is 42.7 Å². The van der Waals surface area contributed by atoms with Gasteiger partial charge in [0.1, 0.15) is 11.5 Å². The van der Waals surface area contributed by atoms with Crippen LogP contribution in [0.3, 0.4) is 0 Å². The minimum atomic E-state index is -0.647. The van der Waals surface area contributed by atoms with Gasteiger partial charge in [-0.3, -0.25) is 9.69 Å². The molecule has 1 aromatic heterocycles. The third kappa shape index (κ3) is 5.69. The fourth-order valence-corrected chi connectivity index (χ4v) is 4.86. The highest BCUT2D eigenvalue weighted by Gasteiger charge is 2.22. The van der Waals surface area contributed by atoms with Gasteiger partial charge in [0.15, 0.2) is 0 Å². The van der Waals surface area contributed by atoms with Gasteiger partial charge in [0.05, 0.1) is 11.8 Å². The van der Waals surface area contributed by atoms with Gasteiger partial charge < -0.3 is 19.9 Å². The molecule has 2 heterocycles. The van der Waals surface area contributed by atoms with Crippen molar-refractivity contribution in [1.29, 1.82) is 0 Å². The number of halogens is 1. The number of piperazine rings is 1. The van der Waals surface area contributed by atoms with Crippen LogP contribution < -0.4 is 10.2 Å². The number of carbonyl (C=O) groups excluding carboxylic acids is 1. The van der Waals surface area contributed by atoms with E-state index in [9.17, 15) is 9.90 Å². The van der Waals surface area contributed by atoms with E-state index in [2.05, 4.69) is 52.1 Å². The second kappa shape index (κ2) is 10.8. The lowest BCUT2D eigenvalue weighted by molar-refractivity contribution is 0.0847. The number of aryl methyl sites for hydroxylation is 2. The molecule has 0 saturated carbocycles. The van der Waals surface area contributed by atoms with Gasteiger partial charge in [-0.05, 0) is 69.2 Å². The summed E-state index contributed by atoms with van der Waals surface area (Å²) in [6, 6.07) is 13.9. The van der Waals surface area contributed by atoms with Gasteiger partial charge >= 0.3 is 0 Å². The average Bonchev–Trinajstić information content (AvgIpc) is 3.14. The maximum absolute atomic E-state index is 12.8. The van der Waals surface area contributed by atoms with Crippen LogP contribution in [-0.2, 0) is 0 Å². The summed E-state index contributed by atoms with van der Waals surface area (Å²) < 4.78 is 1.93. The Hall–Kier alpha value is -2.87. The lowest BCUT2D eigenvalue weighted by Gasteiger charge is -2.37. The van der Waals surface area contributed by atoms with Crippen molar-refractivity contribution in [3.63, 3.8) is 0 Å². The Bertz CT molecular complexity index is 1180. The fourth-order valence-electron chi connectivity index (χ4n) is 4.73. The molecule has 4 rings (SSSR count). The minimum absolute atomic E-state index is 0.183. The highest BCUT2D eigenvalue weighted by atomic mass is 35.5. The molecule has 7 nitrogen and oxygen atoms in total. The zero-order chi connectivity index (χ0) is 25.1. The predicted octanol–water partition coefficient (Wildman–Crippen LogP) is 3.67. The van der Waals surface area contributed by atoms with Gasteiger partial charge in [0.25, 0.3) is 5.91 Å². The molecule has 1 unspecified atom stereocenters. The Balaban J connectivity index is 1.29. The van der Waals surface area contributed by atoms with E-state index in [1.54, 1.807) is 0 Å². The summed E-state index contributed by atoms with van der Waals surface area (Å²) >= 11 is 6.00. The van der Waals surface area contributed by atoms with E-state index in [1.165, 1.54) is 16.8 Å². The molecule has 1 atom stereocenters. The van der Waals surface area contributed by atoms with Crippen molar-refractivity contribution in [2.24, 2.45) is 0 Å². The van der Waals surface area contributed by atoms with E-state index in [0.717, 1.165) is 43.4 Å². The Morgan fingerprint density at radius 2 is 1.74 bits per heavy atom. The number of hydrogen-bond donors (Lipinski definition) is 2. The first-order valence-corrected chi connectivity index (χ1v) is 12.4. The first kappa shape index (κ1) is 25.2. The molecule has 3 aromatic rings. The fraction of sp³-hybridized carbons (Fsp3) is 0.407. The van der Waals surface area contributed by atoms with Crippen molar-refractivity contribution < 1.29 is 9.90 Å². The number of nitrogens with one attached hydrogen (secondary N) is 1. The smallest absolute Gasteiger partial charge is 0.271 e. The predicted molar refractivity (Wildman–Crippen MR) is 141 cm³/mol. The molecule has 1 aliphatic heterocycles. The Morgan fingerprint density at radius 3 is 2.43 bits per heavy atom. The summed E-state index contributed by atoms with van der Waals surface area (Å²) in [7, 11) is 0. The second-order valence-electron chi connectivity index (χ2n) is 9.28. The van der Waals surface area contributed by atoms with Crippen LogP contribution in [0.4, 0.5) is 5.69 Å². The van der Waals surface area contributed by atoms with Crippen molar-refractivity contribution in [3.8, 4) is 5.69 Å². The molecule has 186 valence electrons. The molecule has 0 radical (unpaired) electrons. The number of carbonyl (C=O) groups is 1. The SMILES string of the molecule is Cc1cccc(N2CCN(CC(O)CNC(=O)c3nc(C)n(-c4ccc(Cl)cc4)c3C)CC2)c1C. The lowest BCUT2D eigenvalue weighted by Crippen LogP contribution is -2.50. The zero-order valence-corrected chi connectivity index (χ0v) is 21.6. The van der Waals surface area contributed by atoms with Gasteiger partial charge in [-0.25, -0.2) is 4.98 Å². The van der Waals surface area contributed by atoms with Crippen molar-refractivity contribution in [2.45, 2.75) is 33.8 Å². The average molecular weight is 496 g/mol. The summed E-state index contributed by atoms with van der Waals surface area (Å²) in [4.78, 5) is 22.0. The summed E-state index contributed by atoms with van der Waals surface area (Å²) in [5, 5.41) is 14.1. The molecule has 0 bridgehead atoms. The van der Waals surface area contributed by atoms with E-state index in [-0.39, 0.29) is 12.5 Å². The van der Waals surface area contributed by atoms with Crippen LogP contribution in [-0.4, -0.2) is 70.8 Å². The van der Waals surface area contributed by atoms with Crippen LogP contribution in [0, 0.1) is 27.7 Å². The molecule has 0 spiro atoms. The topological polar surface area (TPSA) is 73.6 Å². The van der Waals surface area contributed by atoms with Crippen LogP contribution in [0.15, 0.2) is 42.5 Å². The number of imidazole rings is 1. The number of rotatable bonds is 7. The summed E-state index contributed by atoms with van der Waals surface area (Å²) in [6.45, 7) is 12.4. The zero-order valence-electron chi connectivity index (χ0n) is 20.9. The summed E-state index contributed by atoms with van der Waals surface area (Å²) in [5.41, 5.74) is 5.94. The largest absolute Gasteiger partial charge is 0.390 e. The van der Waals surface area contributed by atoms with Gasteiger partial charge in [0.2, 0.25) is 0 Å². The summed E-state index contributed by atoms with van der Waals surface area (Å²) in [5.74, 6) is 0.439. The van der Waals surface area contributed by atoms with Gasteiger partial charge in [0, 0.05) is 55.7 Å². The number of hydrogen-bond acceptors (Lipinski definition) is 5. The van der Waals surface area contributed by atoms with Gasteiger partial charge in [-0.2, -0.15) is 0 Å². The first-order chi connectivity index (χ1) is 16.7. The molecule has 8 heteroatoms. The monoisotopic (exact) mass is 495 g/mol. The number of benzene rings is 2. The molecular weight excluding hydrogens is 462 g/mol. The van der Waals surface area contributed by atoms with Crippen LogP contribution >= 0.6 is 11.6 Å². The van der Waals surface area contributed by atoms with Crippen molar-refractivity contribution in [1.82, 2.24) is 19.8 Å². The van der Waals surface area contributed by atoms with Gasteiger partial charge in [-0.15, -0.1) is 0 Å². The molecule has 35 heavy (non-hydrogen) atoms. The van der Waals surface area contributed by atoms with Crippen LogP contribution in [0.5, 0.6) is 0 Å². The van der Waals surface area contributed by atoms with Crippen molar-refractivity contribution in [3.05, 3.63) is 75.8 Å². The van der Waals surface area contributed by atoms with Crippen LogP contribution in [0.2, 0.25) is 5.02 Å². The maximum atomic E-state index is 12.8. The van der Waals surface area contributed by atoms with E-state index in [4.69, 9.17) is 11.6 Å². The first-order valence-electron chi connectivity index (χ1n) is 12.1. The number of anilines is 1. The van der Waals surface area contributed by atoms with Crippen LogP contribution in [0.25, 0.3) is 5.69 Å². The van der Waals surface area contributed by atoms with Crippen molar-refractivity contribution in [2.75, 3.05) is 44.2 Å². The van der Waals surface area contributed by atoms with E-state index in [0.29, 0.717) is 17.3 Å². The Morgan fingerprint density at radius 1 is 1.06 bits per heavy atom. The standard InChI is InChI=1S/C27H34ClN5O2/c1-18-6-5-7-25(19(18)2)32-14-12-31(13-15-32)17-24(34)16-29-27(35)26-20(3)33(21(4)30-26)23-10-8-22(28)9-11-23/h5-11,24,34H,12-17H2,1-4H3,(H,29,35). The van der Waals surface area contributed by atoms with E-state index < -0.39 is 6.10 Å². The normalized spacial score (nSPS) is 15.3. The third-order valence-corrected chi connectivity index (χ3v) is 7.08. The maximum Gasteiger partial charge on any atom is 0.271 e. The number of nitrogens with zero attached hydrogens (tertiary/aromatic N) is 4. The molecule has 2 N–H and O–H groups in total. The minimum Gasteiger partial charge on any atom is -0.390 e. The number of amides is 1. The summed E-state index contributed by atoms with van der Waals surface area (Å²) in [6.07, 6.45) is -0.647. The number of aromatic nitrogens is 2. The van der Waals surface area contributed by atoms with Crippen LogP contribution in [0.1, 0.15) is 33.1 Å². The second-order valence-corrected chi connectivity index (χ2v) is 9.71. The Labute approximate surface area is 212 Å². The third-order valence-electron chi connectivity index (χ3n) is 6.83. The molecule has 2 aromatic carbocycles. The highest BCUT2D eigenvalue weighted by molar-refractivity contribution is 6.30. The highest BCUT2D eigenvalue weighted by Crippen LogP contribution is 2.24. The van der Waals surface area contributed by atoms with Gasteiger partial charge in [-0.1, -0.05) is 23.7 Å². The number of aliphatic hydroxyl groups excluding tert-OH is 1. The molecular formula is C27H34ClN5O2. The van der Waals surface area contributed by atoms with E-state index >= 15 is 0 Å². The molecule has 1 amide bonds. The molecule has 1 saturated heterocycles. The lowest BCUT2D eigenvalue weighted by atomic mass is 10.1. The molecule has 1 fully saturated rings. The number of β-amino-alcohol motifs (C(OH)–C–C–N with tert-alkyl or cyclic N) is 1. The number of aliphatic hydroxyl groups is 1. The molecule has 1 aliphatic rings. The van der Waals surface area contributed by atoms with Crippen molar-refractivity contribution >= 4 is 23.2 Å². The Kier molecular flexibility index (Phi) is 7.79. The molecule has 0 aliphatic carbocycles.